The Morgan fingerprint density at radius 1 is 0.800 bits per heavy atom. The first-order valence-electron chi connectivity index (χ1n) is 7.98. The number of nitrogens with two attached hydrogens (primary N) is 2. The van der Waals surface area contributed by atoms with Crippen molar-refractivity contribution < 1.29 is 4.42 Å². The average Bonchev–Trinajstić information content (AvgIpc) is 2.90. The fraction of sp³-hybridized carbons (Fsp3) is 0.0952. The maximum atomic E-state index is 7.49. The van der Waals surface area contributed by atoms with Gasteiger partial charge >= 0.3 is 0 Å². The summed E-state index contributed by atoms with van der Waals surface area (Å²) in [6, 6.07) is 15.4. The number of furan rings is 1. The van der Waals surface area contributed by atoms with Gasteiger partial charge in [0.05, 0.1) is 0 Å². The highest BCUT2D eigenvalue weighted by atomic mass is 16.3. The summed E-state index contributed by atoms with van der Waals surface area (Å²) in [5.41, 5.74) is 17.5. The smallest absolute Gasteiger partial charge is 0.137 e. The van der Waals surface area contributed by atoms with Crippen molar-refractivity contribution in [2.24, 2.45) is 11.5 Å². The van der Waals surface area contributed by atoms with Crippen LogP contribution in [0.3, 0.4) is 0 Å². The Kier molecular flexibility index (Phi) is 4.19. The largest absolute Gasteiger partial charge is 0.456 e. The van der Waals surface area contributed by atoms with Crippen LogP contribution in [0, 0.1) is 19.3 Å². The summed E-state index contributed by atoms with van der Waals surface area (Å²) in [5, 5.41) is 7.49. The SMILES string of the molecule is C=C(N)c1ccc(-c2oc(-c3ccc(C(=N)N)cc3)c(C)c2C)cc1. The maximum absolute atomic E-state index is 7.49. The van der Waals surface area contributed by atoms with Gasteiger partial charge in [-0.05, 0) is 30.5 Å². The molecule has 0 aliphatic rings. The number of benzene rings is 2. The van der Waals surface area contributed by atoms with Gasteiger partial charge in [-0.1, -0.05) is 55.1 Å². The lowest BCUT2D eigenvalue weighted by molar-refractivity contribution is 0.594. The summed E-state index contributed by atoms with van der Waals surface area (Å²) < 4.78 is 6.18. The molecule has 0 unspecified atom stereocenters. The van der Waals surface area contributed by atoms with Gasteiger partial charge in [0.1, 0.15) is 17.4 Å². The molecule has 0 atom stereocenters. The van der Waals surface area contributed by atoms with Gasteiger partial charge in [0.25, 0.3) is 0 Å². The zero-order valence-corrected chi connectivity index (χ0v) is 14.4. The van der Waals surface area contributed by atoms with E-state index >= 15 is 0 Å². The molecule has 126 valence electrons. The van der Waals surface area contributed by atoms with Crippen LogP contribution >= 0.6 is 0 Å². The predicted octanol–water partition coefficient (Wildman–Crippen LogP) is 4.44. The molecule has 0 radical (unpaired) electrons. The molecule has 1 aromatic heterocycles. The van der Waals surface area contributed by atoms with Crippen LogP contribution in [0.4, 0.5) is 0 Å². The van der Waals surface area contributed by atoms with Crippen molar-refractivity contribution in [3.05, 3.63) is 77.4 Å². The maximum Gasteiger partial charge on any atom is 0.137 e. The standard InChI is InChI=1S/C21H21N3O/c1-12-13(2)20(17-8-10-18(11-9-17)21(23)24)25-19(12)16-6-4-15(5-7-16)14(3)22/h4-11H,3,22H2,1-2H3,(H3,23,24). The molecule has 2 aromatic carbocycles. The Morgan fingerprint density at radius 2 is 1.20 bits per heavy atom. The molecule has 0 saturated carbocycles. The van der Waals surface area contributed by atoms with E-state index < -0.39 is 0 Å². The van der Waals surface area contributed by atoms with Crippen molar-refractivity contribution in [3.63, 3.8) is 0 Å². The topological polar surface area (TPSA) is 89.0 Å². The highest BCUT2D eigenvalue weighted by molar-refractivity contribution is 5.95. The van der Waals surface area contributed by atoms with Crippen LogP contribution < -0.4 is 11.5 Å². The van der Waals surface area contributed by atoms with Crippen LogP contribution in [0.1, 0.15) is 22.3 Å². The summed E-state index contributed by atoms with van der Waals surface area (Å²) in [7, 11) is 0. The third kappa shape index (κ3) is 3.06. The minimum absolute atomic E-state index is 0.0566. The third-order valence-electron chi connectivity index (χ3n) is 4.42. The Balaban J connectivity index is 2.02. The van der Waals surface area contributed by atoms with Crippen molar-refractivity contribution in [1.82, 2.24) is 0 Å². The summed E-state index contributed by atoms with van der Waals surface area (Å²) in [5.74, 6) is 1.73. The van der Waals surface area contributed by atoms with Gasteiger partial charge in [0, 0.05) is 22.4 Å². The van der Waals surface area contributed by atoms with Crippen LogP contribution in [-0.2, 0) is 0 Å². The molecule has 0 bridgehead atoms. The highest BCUT2D eigenvalue weighted by Gasteiger charge is 2.16. The van der Waals surface area contributed by atoms with Gasteiger partial charge in [-0.2, -0.15) is 0 Å². The molecular formula is C21H21N3O. The number of amidine groups is 1. The first kappa shape index (κ1) is 16.6. The fourth-order valence-corrected chi connectivity index (χ4v) is 2.78. The summed E-state index contributed by atoms with van der Waals surface area (Å²) in [6.45, 7) is 7.85. The predicted molar refractivity (Wildman–Crippen MR) is 103 cm³/mol. The van der Waals surface area contributed by atoms with Crippen molar-refractivity contribution in [1.29, 1.82) is 5.41 Å². The fourth-order valence-electron chi connectivity index (χ4n) is 2.78. The molecule has 4 nitrogen and oxygen atoms in total. The van der Waals surface area contributed by atoms with E-state index in [4.69, 9.17) is 21.3 Å². The van der Waals surface area contributed by atoms with Gasteiger partial charge in [0.15, 0.2) is 0 Å². The van der Waals surface area contributed by atoms with E-state index in [0.717, 1.165) is 39.3 Å². The normalized spacial score (nSPS) is 10.6. The minimum Gasteiger partial charge on any atom is -0.456 e. The van der Waals surface area contributed by atoms with Crippen molar-refractivity contribution in [3.8, 4) is 22.6 Å². The van der Waals surface area contributed by atoms with E-state index in [1.807, 2.05) is 55.5 Å². The Labute approximate surface area is 147 Å². The lowest BCUT2D eigenvalue weighted by atomic mass is 10.0. The highest BCUT2D eigenvalue weighted by Crippen LogP contribution is 2.36. The molecule has 1 heterocycles. The van der Waals surface area contributed by atoms with E-state index in [0.29, 0.717) is 11.3 Å². The van der Waals surface area contributed by atoms with E-state index in [1.165, 1.54) is 0 Å². The molecule has 3 rings (SSSR count). The van der Waals surface area contributed by atoms with Crippen LogP contribution in [0.25, 0.3) is 28.3 Å². The van der Waals surface area contributed by atoms with Crippen LogP contribution in [0.5, 0.6) is 0 Å². The first-order chi connectivity index (χ1) is 11.9. The van der Waals surface area contributed by atoms with Gasteiger partial charge in [0.2, 0.25) is 0 Å². The molecule has 4 heteroatoms. The zero-order chi connectivity index (χ0) is 18.1. The average molecular weight is 331 g/mol. The van der Waals surface area contributed by atoms with Gasteiger partial charge in [-0.25, -0.2) is 0 Å². The molecule has 3 aromatic rings. The van der Waals surface area contributed by atoms with Gasteiger partial charge in [-0.15, -0.1) is 0 Å². The second-order valence-electron chi connectivity index (χ2n) is 6.10. The van der Waals surface area contributed by atoms with E-state index in [-0.39, 0.29) is 5.84 Å². The van der Waals surface area contributed by atoms with Crippen molar-refractivity contribution in [2.45, 2.75) is 13.8 Å². The molecule has 0 amide bonds. The Morgan fingerprint density at radius 3 is 1.56 bits per heavy atom. The van der Waals surface area contributed by atoms with E-state index in [1.54, 1.807) is 0 Å². The van der Waals surface area contributed by atoms with Crippen LogP contribution in [0.15, 0.2) is 59.5 Å². The lowest BCUT2D eigenvalue weighted by Crippen LogP contribution is -2.10. The molecule has 0 aliphatic heterocycles. The Hall–Kier alpha value is -3.27. The second-order valence-corrected chi connectivity index (χ2v) is 6.10. The van der Waals surface area contributed by atoms with E-state index in [9.17, 15) is 0 Å². The summed E-state index contributed by atoms with van der Waals surface area (Å²) in [4.78, 5) is 0. The monoisotopic (exact) mass is 331 g/mol. The molecule has 0 fully saturated rings. The first-order valence-corrected chi connectivity index (χ1v) is 7.98. The lowest BCUT2D eigenvalue weighted by Gasteiger charge is -2.03. The van der Waals surface area contributed by atoms with Crippen LogP contribution in [0.2, 0.25) is 0 Å². The molecule has 0 aliphatic carbocycles. The van der Waals surface area contributed by atoms with E-state index in [2.05, 4.69) is 13.5 Å². The molecule has 0 spiro atoms. The van der Waals surface area contributed by atoms with Gasteiger partial charge in [-0.3, -0.25) is 5.41 Å². The number of nitrogen functional groups attached to an aromatic ring is 1. The van der Waals surface area contributed by atoms with Crippen molar-refractivity contribution in [2.75, 3.05) is 0 Å². The molecule has 25 heavy (non-hydrogen) atoms. The molecule has 0 saturated heterocycles. The van der Waals surface area contributed by atoms with Crippen molar-refractivity contribution >= 4 is 11.5 Å². The Bertz CT molecular complexity index is 870. The van der Waals surface area contributed by atoms with Crippen LogP contribution in [-0.4, -0.2) is 5.84 Å². The molecular weight excluding hydrogens is 310 g/mol. The number of hydrogen-bond acceptors (Lipinski definition) is 3. The summed E-state index contributed by atoms with van der Waals surface area (Å²) >= 11 is 0. The number of nitrogens with one attached hydrogen (secondary N) is 1. The number of rotatable bonds is 4. The summed E-state index contributed by atoms with van der Waals surface area (Å²) in [6.07, 6.45) is 0. The minimum atomic E-state index is 0.0566. The third-order valence-corrected chi connectivity index (χ3v) is 4.42. The quantitative estimate of drug-likeness (QED) is 0.487. The zero-order valence-electron chi connectivity index (χ0n) is 14.4. The van der Waals surface area contributed by atoms with Gasteiger partial charge < -0.3 is 15.9 Å². The number of hydrogen-bond donors (Lipinski definition) is 3. The second kappa shape index (κ2) is 6.32. The molecule has 5 N–H and O–H groups in total.